The van der Waals surface area contributed by atoms with Crippen LogP contribution in [0.25, 0.3) is 5.65 Å². The summed E-state index contributed by atoms with van der Waals surface area (Å²) in [7, 11) is 1.81. The Balaban J connectivity index is 0.00000240. The Hall–Kier alpha value is -1.72. The third kappa shape index (κ3) is 5.89. The Morgan fingerprint density at radius 1 is 1.24 bits per heavy atom. The maximum atomic E-state index is 4.36. The molecule has 0 aliphatic carbocycles. The standard InChI is InChI=1S/C20H27N7S.HI/c1-21-20(23-13-19-25-24-18-8-2-3-10-27(18)19)22-12-16-6-4-9-26(14-16)15-17-7-5-11-28-17;/h2-3,5,7-8,10-11,16H,4,6,9,12-15H2,1H3,(H2,21,22,23);1H. The van der Waals surface area contributed by atoms with Gasteiger partial charge in [-0.3, -0.25) is 14.3 Å². The number of nitrogens with zero attached hydrogens (tertiary/aromatic N) is 5. The summed E-state index contributed by atoms with van der Waals surface area (Å²) < 4.78 is 1.99. The quantitative estimate of drug-likeness (QED) is 0.294. The number of aliphatic imine (C=N–C) groups is 1. The summed E-state index contributed by atoms with van der Waals surface area (Å²) in [5, 5.41) is 17.4. The number of rotatable bonds is 6. The molecule has 0 spiro atoms. The monoisotopic (exact) mass is 525 g/mol. The molecule has 2 N–H and O–H groups in total. The van der Waals surface area contributed by atoms with Gasteiger partial charge in [-0.05, 0) is 48.9 Å². The molecule has 1 saturated heterocycles. The lowest BCUT2D eigenvalue weighted by atomic mass is 9.98. The number of likely N-dealkylation sites (tertiary alicyclic amines) is 1. The molecule has 1 aliphatic heterocycles. The van der Waals surface area contributed by atoms with Crippen molar-refractivity contribution in [3.05, 3.63) is 52.6 Å². The van der Waals surface area contributed by atoms with Crippen molar-refractivity contribution in [3.8, 4) is 0 Å². The first-order chi connectivity index (χ1) is 13.8. The lowest BCUT2D eigenvalue weighted by Gasteiger charge is -2.32. The summed E-state index contributed by atoms with van der Waals surface area (Å²) >= 11 is 1.85. The second-order valence-corrected chi connectivity index (χ2v) is 8.21. The van der Waals surface area contributed by atoms with E-state index < -0.39 is 0 Å². The fourth-order valence-electron chi connectivity index (χ4n) is 3.72. The topological polar surface area (TPSA) is 69.8 Å². The minimum absolute atomic E-state index is 0. The summed E-state index contributed by atoms with van der Waals surface area (Å²) in [5.74, 6) is 2.32. The first-order valence-corrected chi connectivity index (χ1v) is 10.7. The summed E-state index contributed by atoms with van der Waals surface area (Å²) in [6, 6.07) is 10.3. The SMILES string of the molecule is CN=C(NCc1nnc2ccccn12)NCC1CCCN(Cc2cccs2)C1.I. The van der Waals surface area contributed by atoms with E-state index in [1.165, 1.54) is 24.3 Å². The molecule has 3 aromatic heterocycles. The van der Waals surface area contributed by atoms with Gasteiger partial charge in [-0.15, -0.1) is 45.5 Å². The molecule has 1 unspecified atom stereocenters. The van der Waals surface area contributed by atoms with Crippen LogP contribution in [0.1, 0.15) is 23.5 Å². The number of hydrogen-bond donors (Lipinski definition) is 2. The van der Waals surface area contributed by atoms with Gasteiger partial charge in [0.2, 0.25) is 0 Å². The highest BCUT2D eigenvalue weighted by Crippen LogP contribution is 2.19. The number of fused-ring (bicyclic) bond motifs is 1. The van der Waals surface area contributed by atoms with Gasteiger partial charge in [0.15, 0.2) is 17.4 Å². The van der Waals surface area contributed by atoms with Crippen LogP contribution in [-0.4, -0.2) is 52.1 Å². The van der Waals surface area contributed by atoms with Gasteiger partial charge in [0, 0.05) is 37.8 Å². The minimum Gasteiger partial charge on any atom is -0.356 e. The Morgan fingerprint density at radius 2 is 2.17 bits per heavy atom. The molecule has 156 valence electrons. The number of halogens is 1. The first kappa shape index (κ1) is 22.0. The molecule has 1 aliphatic rings. The van der Waals surface area contributed by atoms with E-state index in [2.05, 4.69) is 48.2 Å². The fourth-order valence-corrected chi connectivity index (χ4v) is 4.47. The van der Waals surface area contributed by atoms with Crippen LogP contribution in [0, 0.1) is 5.92 Å². The maximum absolute atomic E-state index is 4.36. The van der Waals surface area contributed by atoms with E-state index in [4.69, 9.17) is 0 Å². The van der Waals surface area contributed by atoms with Gasteiger partial charge in [-0.2, -0.15) is 0 Å². The van der Waals surface area contributed by atoms with Crippen molar-refractivity contribution in [3.63, 3.8) is 0 Å². The molecule has 0 radical (unpaired) electrons. The normalized spacial score (nSPS) is 17.8. The van der Waals surface area contributed by atoms with Crippen molar-refractivity contribution in [2.75, 3.05) is 26.7 Å². The average molecular weight is 525 g/mol. The third-order valence-electron chi connectivity index (χ3n) is 5.14. The smallest absolute Gasteiger partial charge is 0.191 e. The molecule has 0 bridgehead atoms. The van der Waals surface area contributed by atoms with Gasteiger partial charge in [-0.1, -0.05) is 12.1 Å². The average Bonchev–Trinajstić information content (AvgIpc) is 3.38. The van der Waals surface area contributed by atoms with E-state index in [1.54, 1.807) is 7.05 Å². The number of guanidine groups is 1. The highest BCUT2D eigenvalue weighted by molar-refractivity contribution is 14.0. The lowest BCUT2D eigenvalue weighted by Crippen LogP contribution is -2.44. The van der Waals surface area contributed by atoms with Gasteiger partial charge in [0.05, 0.1) is 6.54 Å². The molecule has 7 nitrogen and oxygen atoms in total. The maximum Gasteiger partial charge on any atom is 0.191 e. The Kier molecular flexibility index (Phi) is 8.25. The van der Waals surface area contributed by atoms with Crippen molar-refractivity contribution in [1.29, 1.82) is 0 Å². The molecule has 3 aromatic rings. The zero-order chi connectivity index (χ0) is 19.2. The van der Waals surface area contributed by atoms with Crippen LogP contribution in [0.15, 0.2) is 46.9 Å². The number of hydrogen-bond acceptors (Lipinski definition) is 5. The van der Waals surface area contributed by atoms with E-state index in [1.807, 2.05) is 40.1 Å². The van der Waals surface area contributed by atoms with E-state index in [0.717, 1.165) is 37.1 Å². The lowest BCUT2D eigenvalue weighted by molar-refractivity contribution is 0.169. The van der Waals surface area contributed by atoms with Crippen LogP contribution in [-0.2, 0) is 13.1 Å². The molecular weight excluding hydrogens is 497 g/mol. The first-order valence-electron chi connectivity index (χ1n) is 9.79. The van der Waals surface area contributed by atoms with Crippen LogP contribution in [0.5, 0.6) is 0 Å². The highest BCUT2D eigenvalue weighted by atomic mass is 127. The number of pyridine rings is 1. The van der Waals surface area contributed by atoms with Gasteiger partial charge < -0.3 is 10.6 Å². The second-order valence-electron chi connectivity index (χ2n) is 7.17. The molecule has 29 heavy (non-hydrogen) atoms. The minimum atomic E-state index is 0. The van der Waals surface area contributed by atoms with Crippen molar-refractivity contribution in [2.24, 2.45) is 10.9 Å². The Labute approximate surface area is 192 Å². The van der Waals surface area contributed by atoms with Crippen molar-refractivity contribution >= 4 is 46.9 Å². The van der Waals surface area contributed by atoms with Crippen LogP contribution >= 0.6 is 35.3 Å². The molecule has 4 rings (SSSR count). The van der Waals surface area contributed by atoms with Gasteiger partial charge in [0.1, 0.15) is 0 Å². The summed E-state index contributed by atoms with van der Waals surface area (Å²) in [4.78, 5) is 8.38. The van der Waals surface area contributed by atoms with E-state index in [0.29, 0.717) is 12.5 Å². The van der Waals surface area contributed by atoms with Gasteiger partial charge in [-0.25, -0.2) is 0 Å². The summed E-state index contributed by atoms with van der Waals surface area (Å²) in [6.07, 6.45) is 4.50. The van der Waals surface area contributed by atoms with Crippen molar-refractivity contribution < 1.29 is 0 Å². The zero-order valence-corrected chi connectivity index (χ0v) is 19.8. The molecule has 1 atom stereocenters. The third-order valence-corrected chi connectivity index (χ3v) is 6.00. The summed E-state index contributed by atoms with van der Waals surface area (Å²) in [6.45, 7) is 4.92. The largest absolute Gasteiger partial charge is 0.356 e. The van der Waals surface area contributed by atoms with Crippen LogP contribution in [0.2, 0.25) is 0 Å². The number of thiophene rings is 1. The van der Waals surface area contributed by atoms with E-state index >= 15 is 0 Å². The summed E-state index contributed by atoms with van der Waals surface area (Å²) in [5.41, 5.74) is 0.857. The van der Waals surface area contributed by atoms with E-state index in [9.17, 15) is 0 Å². The number of piperidine rings is 1. The molecule has 9 heteroatoms. The molecule has 0 amide bonds. The molecule has 1 fully saturated rings. The zero-order valence-electron chi connectivity index (χ0n) is 16.6. The Morgan fingerprint density at radius 3 is 3.00 bits per heavy atom. The molecular formula is C20H28IN7S. The Bertz CT molecular complexity index is 909. The van der Waals surface area contributed by atoms with Gasteiger partial charge >= 0.3 is 0 Å². The van der Waals surface area contributed by atoms with Crippen LogP contribution in [0.4, 0.5) is 0 Å². The van der Waals surface area contributed by atoms with Crippen LogP contribution in [0.3, 0.4) is 0 Å². The predicted molar refractivity (Wildman–Crippen MR) is 129 cm³/mol. The molecule has 4 heterocycles. The van der Waals surface area contributed by atoms with Crippen molar-refractivity contribution in [2.45, 2.75) is 25.9 Å². The fraction of sp³-hybridized carbons (Fsp3) is 0.450. The predicted octanol–water partition coefficient (Wildman–Crippen LogP) is 2.99. The molecule has 0 saturated carbocycles. The molecule has 0 aromatic carbocycles. The van der Waals surface area contributed by atoms with Crippen molar-refractivity contribution in [1.82, 2.24) is 30.1 Å². The number of aromatic nitrogens is 3. The van der Waals surface area contributed by atoms with Crippen LogP contribution < -0.4 is 10.6 Å². The van der Waals surface area contributed by atoms with Gasteiger partial charge in [0.25, 0.3) is 0 Å². The second kappa shape index (κ2) is 10.9. The van der Waals surface area contributed by atoms with E-state index in [-0.39, 0.29) is 24.0 Å². The number of nitrogens with one attached hydrogen (secondary N) is 2. The highest BCUT2D eigenvalue weighted by Gasteiger charge is 2.20.